The van der Waals surface area contributed by atoms with Crippen molar-refractivity contribution in [3.8, 4) is 0 Å². The third kappa shape index (κ3) is 4.90. The van der Waals surface area contributed by atoms with Crippen molar-refractivity contribution < 1.29 is 19.1 Å². The number of amides is 2. The van der Waals surface area contributed by atoms with Crippen LogP contribution in [0.25, 0.3) is 0 Å². The van der Waals surface area contributed by atoms with Crippen LogP contribution in [0.2, 0.25) is 0 Å². The fourth-order valence-corrected chi connectivity index (χ4v) is 4.45. The van der Waals surface area contributed by atoms with Crippen LogP contribution >= 0.6 is 0 Å². The zero-order chi connectivity index (χ0) is 24.2. The van der Waals surface area contributed by atoms with E-state index >= 15 is 0 Å². The predicted octanol–water partition coefficient (Wildman–Crippen LogP) is 5.92. The van der Waals surface area contributed by atoms with Crippen molar-refractivity contribution in [2.75, 3.05) is 6.61 Å². The summed E-state index contributed by atoms with van der Waals surface area (Å²) in [7, 11) is 0. The number of rotatable bonds is 6. The third-order valence-corrected chi connectivity index (χ3v) is 5.95. The molecule has 1 heterocycles. The molecular formula is C29H31NO4. The fourth-order valence-electron chi connectivity index (χ4n) is 4.45. The molecule has 1 atom stereocenters. The van der Waals surface area contributed by atoms with Gasteiger partial charge < -0.3 is 9.47 Å². The van der Waals surface area contributed by atoms with Gasteiger partial charge in [0.1, 0.15) is 11.2 Å². The minimum Gasteiger partial charge on any atom is -0.443 e. The minimum atomic E-state index is -0.908. The molecule has 0 N–H and O–H groups in total. The Hall–Kier alpha value is -3.44. The molecule has 2 amide bonds. The SMILES string of the molecule is CC(C)(C)OC(=O)N1C(=O)CCC1COC(c1ccccc1)(c1ccccc1)c1ccccc1. The van der Waals surface area contributed by atoms with E-state index in [9.17, 15) is 9.59 Å². The molecular weight excluding hydrogens is 426 g/mol. The Bertz CT molecular complexity index is 1010. The molecule has 0 aromatic heterocycles. The first kappa shape index (κ1) is 23.7. The number of imide groups is 1. The largest absolute Gasteiger partial charge is 0.443 e. The molecule has 1 unspecified atom stereocenters. The lowest BCUT2D eigenvalue weighted by molar-refractivity contribution is -0.129. The molecule has 1 saturated heterocycles. The first-order chi connectivity index (χ1) is 16.3. The Morgan fingerprint density at radius 1 is 0.824 bits per heavy atom. The fraction of sp³-hybridized carbons (Fsp3) is 0.310. The Labute approximate surface area is 201 Å². The predicted molar refractivity (Wildman–Crippen MR) is 131 cm³/mol. The highest BCUT2D eigenvalue weighted by Gasteiger charge is 2.43. The number of hydrogen-bond acceptors (Lipinski definition) is 4. The standard InChI is InChI=1S/C29H31NO4/c1-28(2,3)34-27(32)30-25(19-20-26(30)31)21-33-29(22-13-7-4-8-14-22,23-15-9-5-10-16-23)24-17-11-6-12-18-24/h4-18,25H,19-21H2,1-3H3. The quantitative estimate of drug-likeness (QED) is 0.431. The Morgan fingerprint density at radius 2 is 1.26 bits per heavy atom. The van der Waals surface area contributed by atoms with Gasteiger partial charge in [-0.15, -0.1) is 0 Å². The van der Waals surface area contributed by atoms with Crippen LogP contribution in [0.5, 0.6) is 0 Å². The smallest absolute Gasteiger partial charge is 0.417 e. The molecule has 176 valence electrons. The molecule has 0 aliphatic carbocycles. The maximum Gasteiger partial charge on any atom is 0.417 e. The number of hydrogen-bond donors (Lipinski definition) is 0. The van der Waals surface area contributed by atoms with E-state index in [1.54, 1.807) is 20.8 Å². The van der Waals surface area contributed by atoms with Crippen LogP contribution in [-0.4, -0.2) is 35.2 Å². The van der Waals surface area contributed by atoms with Gasteiger partial charge >= 0.3 is 6.09 Å². The van der Waals surface area contributed by atoms with Gasteiger partial charge in [-0.05, 0) is 43.9 Å². The molecule has 0 radical (unpaired) electrons. The second-order valence-electron chi connectivity index (χ2n) is 9.53. The van der Waals surface area contributed by atoms with Crippen molar-refractivity contribution >= 4 is 12.0 Å². The highest BCUT2D eigenvalue weighted by Crippen LogP contribution is 2.41. The van der Waals surface area contributed by atoms with Gasteiger partial charge in [-0.25, -0.2) is 9.69 Å². The summed E-state index contributed by atoms with van der Waals surface area (Å²) in [5.74, 6) is -0.229. The molecule has 5 nitrogen and oxygen atoms in total. The summed E-state index contributed by atoms with van der Waals surface area (Å²) < 4.78 is 12.3. The highest BCUT2D eigenvalue weighted by molar-refractivity contribution is 5.94. The summed E-state index contributed by atoms with van der Waals surface area (Å²) in [5.41, 5.74) is 1.32. The normalized spacial score (nSPS) is 16.5. The lowest BCUT2D eigenvalue weighted by Gasteiger charge is -2.37. The number of carbonyl (C=O) groups is 2. The first-order valence-corrected chi connectivity index (χ1v) is 11.7. The molecule has 0 bridgehead atoms. The minimum absolute atomic E-state index is 0.184. The molecule has 5 heteroatoms. The van der Waals surface area contributed by atoms with E-state index in [0.29, 0.717) is 12.8 Å². The van der Waals surface area contributed by atoms with Crippen molar-refractivity contribution in [2.45, 2.75) is 50.9 Å². The van der Waals surface area contributed by atoms with Crippen LogP contribution < -0.4 is 0 Å². The van der Waals surface area contributed by atoms with Gasteiger partial charge in [0, 0.05) is 6.42 Å². The van der Waals surface area contributed by atoms with Gasteiger partial charge in [-0.3, -0.25) is 4.79 Å². The number of benzene rings is 3. The maximum absolute atomic E-state index is 12.8. The van der Waals surface area contributed by atoms with E-state index in [1.807, 2.05) is 91.0 Å². The lowest BCUT2D eigenvalue weighted by atomic mass is 9.80. The second kappa shape index (κ2) is 9.82. The van der Waals surface area contributed by atoms with E-state index in [2.05, 4.69) is 0 Å². The number of nitrogens with zero attached hydrogens (tertiary/aromatic N) is 1. The van der Waals surface area contributed by atoms with E-state index in [0.717, 1.165) is 16.7 Å². The molecule has 0 saturated carbocycles. The van der Waals surface area contributed by atoms with Crippen LogP contribution in [0.3, 0.4) is 0 Å². The average Bonchev–Trinajstić information content (AvgIpc) is 3.21. The zero-order valence-electron chi connectivity index (χ0n) is 19.9. The monoisotopic (exact) mass is 457 g/mol. The molecule has 0 spiro atoms. The van der Waals surface area contributed by atoms with Gasteiger partial charge in [0.05, 0.1) is 12.6 Å². The van der Waals surface area contributed by atoms with E-state index < -0.39 is 23.3 Å². The Balaban J connectivity index is 1.74. The molecule has 1 fully saturated rings. The molecule has 3 aromatic rings. The summed E-state index contributed by atoms with van der Waals surface area (Å²) >= 11 is 0. The van der Waals surface area contributed by atoms with Crippen molar-refractivity contribution in [1.29, 1.82) is 0 Å². The summed E-state index contributed by atoms with van der Waals surface area (Å²) in [5, 5.41) is 0. The summed E-state index contributed by atoms with van der Waals surface area (Å²) in [4.78, 5) is 26.7. The Morgan fingerprint density at radius 3 is 1.68 bits per heavy atom. The molecule has 34 heavy (non-hydrogen) atoms. The third-order valence-electron chi connectivity index (χ3n) is 5.95. The van der Waals surface area contributed by atoms with Crippen molar-refractivity contribution in [3.63, 3.8) is 0 Å². The van der Waals surface area contributed by atoms with Crippen molar-refractivity contribution in [2.24, 2.45) is 0 Å². The van der Waals surface area contributed by atoms with Crippen LogP contribution in [0.1, 0.15) is 50.3 Å². The van der Waals surface area contributed by atoms with E-state index in [1.165, 1.54) is 4.90 Å². The lowest BCUT2D eigenvalue weighted by Crippen LogP contribution is -2.45. The maximum atomic E-state index is 12.8. The van der Waals surface area contributed by atoms with Crippen LogP contribution in [0.15, 0.2) is 91.0 Å². The number of carbonyl (C=O) groups excluding carboxylic acids is 2. The summed E-state index contributed by atoms with van der Waals surface area (Å²) in [6.45, 7) is 5.57. The zero-order valence-corrected chi connectivity index (χ0v) is 19.9. The van der Waals surface area contributed by atoms with Crippen molar-refractivity contribution in [3.05, 3.63) is 108 Å². The van der Waals surface area contributed by atoms with Gasteiger partial charge in [0.2, 0.25) is 5.91 Å². The van der Waals surface area contributed by atoms with Crippen molar-refractivity contribution in [1.82, 2.24) is 4.90 Å². The molecule has 1 aliphatic heterocycles. The van der Waals surface area contributed by atoms with Gasteiger partial charge in [0.15, 0.2) is 0 Å². The van der Waals surface area contributed by atoms with Gasteiger partial charge in [-0.2, -0.15) is 0 Å². The summed E-state index contributed by atoms with van der Waals surface area (Å²) in [6.07, 6.45) is 0.211. The van der Waals surface area contributed by atoms with E-state index in [-0.39, 0.29) is 12.5 Å². The first-order valence-electron chi connectivity index (χ1n) is 11.7. The van der Waals surface area contributed by atoms with Gasteiger partial charge in [-0.1, -0.05) is 91.0 Å². The van der Waals surface area contributed by atoms with Crippen LogP contribution in [0, 0.1) is 0 Å². The average molecular weight is 458 g/mol. The van der Waals surface area contributed by atoms with E-state index in [4.69, 9.17) is 9.47 Å². The summed E-state index contributed by atoms with van der Waals surface area (Å²) in [6, 6.07) is 29.8. The van der Waals surface area contributed by atoms with Crippen LogP contribution in [0.4, 0.5) is 4.79 Å². The Kier molecular flexibility index (Phi) is 6.85. The second-order valence-corrected chi connectivity index (χ2v) is 9.53. The van der Waals surface area contributed by atoms with Gasteiger partial charge in [0.25, 0.3) is 0 Å². The highest BCUT2D eigenvalue weighted by atomic mass is 16.6. The molecule has 3 aromatic carbocycles. The number of ether oxygens (including phenoxy) is 2. The topological polar surface area (TPSA) is 55.8 Å². The molecule has 1 aliphatic rings. The van der Waals surface area contributed by atoms with Crippen LogP contribution in [-0.2, 0) is 19.9 Å². The number of likely N-dealkylation sites (tertiary alicyclic amines) is 1. The molecule has 4 rings (SSSR count).